The van der Waals surface area contributed by atoms with Crippen LogP contribution in [0.3, 0.4) is 0 Å². The summed E-state index contributed by atoms with van der Waals surface area (Å²) in [6, 6.07) is 14.6. The molecule has 0 bridgehead atoms. The van der Waals surface area contributed by atoms with Gasteiger partial charge in [-0.1, -0.05) is 36.4 Å². The number of hydrogen-bond acceptors (Lipinski definition) is 6. The summed E-state index contributed by atoms with van der Waals surface area (Å²) < 4.78 is 10.3. The van der Waals surface area contributed by atoms with E-state index in [-0.39, 0.29) is 11.1 Å². The van der Waals surface area contributed by atoms with Crippen molar-refractivity contribution in [3.63, 3.8) is 0 Å². The SMILES string of the molecule is COc1cc(/C=C2\SC(=O)N(CCc3ccccc3)C2=O)ccc1OC(C)=O. The Bertz CT molecular complexity index is 939. The predicted octanol–water partition coefficient (Wildman–Crippen LogP) is 3.90. The average molecular weight is 397 g/mol. The Labute approximate surface area is 167 Å². The number of imide groups is 1. The summed E-state index contributed by atoms with van der Waals surface area (Å²) in [6.07, 6.45) is 2.24. The Hall–Kier alpha value is -3.06. The molecule has 2 aromatic rings. The van der Waals surface area contributed by atoms with Gasteiger partial charge in [-0.15, -0.1) is 0 Å². The summed E-state index contributed by atoms with van der Waals surface area (Å²) in [5.41, 5.74) is 1.73. The lowest BCUT2D eigenvalue weighted by atomic mass is 10.1. The molecule has 1 aliphatic rings. The Balaban J connectivity index is 1.75. The Morgan fingerprint density at radius 3 is 2.54 bits per heavy atom. The standard InChI is InChI=1S/C21H19NO5S/c1-14(23)27-17-9-8-16(12-18(17)26-2)13-19-20(24)22(21(25)28-19)11-10-15-6-4-3-5-7-15/h3-9,12-13H,10-11H2,1-2H3/b19-13-. The minimum absolute atomic E-state index is 0.282. The molecule has 0 N–H and O–H groups in total. The van der Waals surface area contributed by atoms with Gasteiger partial charge in [0.2, 0.25) is 0 Å². The van der Waals surface area contributed by atoms with Crippen LogP contribution in [0.1, 0.15) is 18.1 Å². The summed E-state index contributed by atoms with van der Waals surface area (Å²) >= 11 is 0.912. The third-order valence-electron chi connectivity index (χ3n) is 4.08. The second-order valence-electron chi connectivity index (χ2n) is 6.07. The van der Waals surface area contributed by atoms with Gasteiger partial charge in [0, 0.05) is 13.5 Å². The lowest BCUT2D eigenvalue weighted by Crippen LogP contribution is -2.30. The molecule has 0 aromatic heterocycles. The van der Waals surface area contributed by atoms with Gasteiger partial charge in [0.1, 0.15) is 0 Å². The largest absolute Gasteiger partial charge is 0.493 e. The van der Waals surface area contributed by atoms with Crippen molar-refractivity contribution in [1.82, 2.24) is 4.90 Å². The first kappa shape index (κ1) is 19.7. The molecule has 0 aliphatic carbocycles. The van der Waals surface area contributed by atoms with Crippen molar-refractivity contribution < 1.29 is 23.9 Å². The summed E-state index contributed by atoms with van der Waals surface area (Å²) in [6.45, 7) is 1.64. The lowest BCUT2D eigenvalue weighted by Gasteiger charge is -2.12. The van der Waals surface area contributed by atoms with Gasteiger partial charge in [0.05, 0.1) is 12.0 Å². The van der Waals surface area contributed by atoms with Crippen molar-refractivity contribution in [3.8, 4) is 11.5 Å². The number of benzene rings is 2. The van der Waals surface area contributed by atoms with Crippen LogP contribution in [-0.2, 0) is 16.0 Å². The van der Waals surface area contributed by atoms with E-state index in [2.05, 4.69) is 0 Å². The van der Waals surface area contributed by atoms with E-state index in [9.17, 15) is 14.4 Å². The molecule has 6 nitrogen and oxygen atoms in total. The van der Waals surface area contributed by atoms with Crippen LogP contribution in [0, 0.1) is 0 Å². The quantitative estimate of drug-likeness (QED) is 0.418. The number of rotatable bonds is 6. The zero-order valence-electron chi connectivity index (χ0n) is 15.5. The molecule has 0 saturated carbocycles. The molecule has 1 saturated heterocycles. The molecular weight excluding hydrogens is 378 g/mol. The van der Waals surface area contributed by atoms with Gasteiger partial charge >= 0.3 is 5.97 Å². The third-order valence-corrected chi connectivity index (χ3v) is 4.99. The maximum absolute atomic E-state index is 12.6. The van der Waals surface area contributed by atoms with E-state index < -0.39 is 5.97 Å². The average Bonchev–Trinajstić information content (AvgIpc) is 2.94. The second kappa shape index (κ2) is 8.75. The molecule has 0 spiro atoms. The Kier molecular flexibility index (Phi) is 6.16. The Morgan fingerprint density at radius 1 is 1.11 bits per heavy atom. The molecule has 1 fully saturated rings. The number of carbonyl (C=O) groups excluding carboxylic acids is 3. The summed E-state index contributed by atoms with van der Waals surface area (Å²) in [7, 11) is 1.46. The number of amides is 2. The van der Waals surface area contributed by atoms with Crippen molar-refractivity contribution in [2.75, 3.05) is 13.7 Å². The van der Waals surface area contributed by atoms with E-state index in [1.165, 1.54) is 18.9 Å². The van der Waals surface area contributed by atoms with Crippen LogP contribution in [0.5, 0.6) is 11.5 Å². The van der Waals surface area contributed by atoms with Crippen molar-refractivity contribution in [2.24, 2.45) is 0 Å². The van der Waals surface area contributed by atoms with Gasteiger partial charge < -0.3 is 9.47 Å². The number of carbonyl (C=O) groups is 3. The van der Waals surface area contributed by atoms with Crippen LogP contribution in [-0.4, -0.2) is 35.7 Å². The lowest BCUT2D eigenvalue weighted by molar-refractivity contribution is -0.132. The van der Waals surface area contributed by atoms with Crippen LogP contribution < -0.4 is 9.47 Å². The highest BCUT2D eigenvalue weighted by molar-refractivity contribution is 8.18. The molecule has 3 rings (SSSR count). The van der Waals surface area contributed by atoms with Crippen molar-refractivity contribution in [1.29, 1.82) is 0 Å². The normalized spacial score (nSPS) is 15.2. The van der Waals surface area contributed by atoms with Crippen LogP contribution in [0.4, 0.5) is 4.79 Å². The molecule has 0 unspecified atom stereocenters. The first-order chi connectivity index (χ1) is 13.5. The van der Waals surface area contributed by atoms with E-state index in [4.69, 9.17) is 9.47 Å². The van der Waals surface area contributed by atoms with E-state index in [0.29, 0.717) is 34.9 Å². The molecule has 28 heavy (non-hydrogen) atoms. The van der Waals surface area contributed by atoms with E-state index in [0.717, 1.165) is 17.3 Å². The number of ether oxygens (including phenoxy) is 2. The topological polar surface area (TPSA) is 72.9 Å². The van der Waals surface area contributed by atoms with Gasteiger partial charge in [-0.2, -0.15) is 0 Å². The first-order valence-electron chi connectivity index (χ1n) is 8.63. The highest BCUT2D eigenvalue weighted by atomic mass is 32.2. The zero-order chi connectivity index (χ0) is 20.1. The summed E-state index contributed by atoms with van der Waals surface area (Å²) in [5, 5.41) is -0.282. The molecule has 1 aliphatic heterocycles. The fourth-order valence-corrected chi connectivity index (χ4v) is 3.61. The van der Waals surface area contributed by atoms with E-state index in [1.807, 2.05) is 30.3 Å². The predicted molar refractivity (Wildman–Crippen MR) is 107 cm³/mol. The van der Waals surface area contributed by atoms with Crippen LogP contribution >= 0.6 is 11.8 Å². The first-order valence-corrected chi connectivity index (χ1v) is 9.45. The molecular formula is C21H19NO5S. The smallest absolute Gasteiger partial charge is 0.308 e. The molecule has 2 aromatic carbocycles. The van der Waals surface area contributed by atoms with Gasteiger partial charge in [0.25, 0.3) is 11.1 Å². The Morgan fingerprint density at radius 2 is 1.86 bits per heavy atom. The number of hydrogen-bond donors (Lipinski definition) is 0. The third kappa shape index (κ3) is 4.61. The second-order valence-corrected chi connectivity index (χ2v) is 7.07. The summed E-state index contributed by atoms with van der Waals surface area (Å²) in [5.74, 6) is -0.102. The monoisotopic (exact) mass is 397 g/mol. The fraction of sp³-hybridized carbons (Fsp3) is 0.190. The van der Waals surface area contributed by atoms with E-state index in [1.54, 1.807) is 24.3 Å². The number of esters is 1. The number of methoxy groups -OCH3 is 1. The van der Waals surface area contributed by atoms with Crippen LogP contribution in [0.15, 0.2) is 53.4 Å². The molecule has 0 radical (unpaired) electrons. The minimum atomic E-state index is -0.453. The van der Waals surface area contributed by atoms with Gasteiger partial charge in [-0.05, 0) is 47.5 Å². The fourth-order valence-electron chi connectivity index (χ4n) is 2.74. The molecule has 0 atom stereocenters. The van der Waals surface area contributed by atoms with Crippen LogP contribution in [0.2, 0.25) is 0 Å². The van der Waals surface area contributed by atoms with Crippen LogP contribution in [0.25, 0.3) is 6.08 Å². The highest BCUT2D eigenvalue weighted by Gasteiger charge is 2.34. The minimum Gasteiger partial charge on any atom is -0.493 e. The van der Waals surface area contributed by atoms with Gasteiger partial charge in [-0.3, -0.25) is 19.3 Å². The molecule has 1 heterocycles. The van der Waals surface area contributed by atoms with Gasteiger partial charge in [0.15, 0.2) is 11.5 Å². The number of nitrogens with zero attached hydrogens (tertiary/aromatic N) is 1. The van der Waals surface area contributed by atoms with Gasteiger partial charge in [-0.25, -0.2) is 0 Å². The molecule has 2 amide bonds. The van der Waals surface area contributed by atoms with E-state index >= 15 is 0 Å². The maximum atomic E-state index is 12.6. The van der Waals surface area contributed by atoms with Crippen molar-refractivity contribution >= 4 is 35.0 Å². The van der Waals surface area contributed by atoms with Crippen molar-refractivity contribution in [2.45, 2.75) is 13.3 Å². The number of thioether (sulfide) groups is 1. The molecule has 7 heteroatoms. The zero-order valence-corrected chi connectivity index (χ0v) is 16.3. The van der Waals surface area contributed by atoms with Crippen molar-refractivity contribution in [3.05, 3.63) is 64.6 Å². The highest BCUT2D eigenvalue weighted by Crippen LogP contribution is 2.34. The molecule has 144 valence electrons. The maximum Gasteiger partial charge on any atom is 0.308 e. The summed E-state index contributed by atoms with van der Waals surface area (Å²) in [4.78, 5) is 37.6.